The molecule has 2 rings (SSSR count). The van der Waals surface area contributed by atoms with Crippen molar-refractivity contribution in [1.29, 1.82) is 0 Å². The van der Waals surface area contributed by atoms with Crippen molar-refractivity contribution in [3.63, 3.8) is 0 Å². The maximum atomic E-state index is 9.69. The number of rotatable bonds is 3. The van der Waals surface area contributed by atoms with Gasteiger partial charge in [-0.1, -0.05) is 0 Å². The smallest absolute Gasteiger partial charge is 0.207 e. The highest BCUT2D eigenvalue weighted by atomic mass is 32.1. The van der Waals surface area contributed by atoms with Crippen LogP contribution in [0.5, 0.6) is 11.8 Å². The van der Waals surface area contributed by atoms with Gasteiger partial charge in [0.2, 0.25) is 5.88 Å². The molecule has 2 heterocycles. The minimum absolute atomic E-state index is 0.0416. The van der Waals surface area contributed by atoms with E-state index in [0.717, 1.165) is 32.7 Å². The summed E-state index contributed by atoms with van der Waals surface area (Å²) in [5.41, 5.74) is 0. The lowest BCUT2D eigenvalue weighted by atomic mass is 10.3. The zero-order valence-electron chi connectivity index (χ0n) is 10.0. The molecule has 96 valence electrons. The predicted molar refractivity (Wildman–Crippen MR) is 69.0 cm³/mol. The molecular weight excluding hydrogens is 238 g/mol. The molecule has 1 aromatic heterocycles. The van der Waals surface area contributed by atoms with Gasteiger partial charge < -0.3 is 15.1 Å². The van der Waals surface area contributed by atoms with Crippen molar-refractivity contribution in [1.82, 2.24) is 14.4 Å². The van der Waals surface area contributed by atoms with Crippen LogP contribution in [0.1, 0.15) is 0 Å². The third-order valence-electron chi connectivity index (χ3n) is 3.26. The maximum absolute atomic E-state index is 9.69. The average Bonchev–Trinajstić information content (AvgIpc) is 2.54. The zero-order valence-corrected chi connectivity index (χ0v) is 10.9. The first-order chi connectivity index (χ1) is 8.08. The summed E-state index contributed by atoms with van der Waals surface area (Å²) >= 11 is 4.07. The van der Waals surface area contributed by atoms with Crippen LogP contribution in [-0.4, -0.2) is 64.4 Å². The monoisotopic (exact) mass is 257 g/mol. The molecule has 1 saturated heterocycles. The average molecular weight is 257 g/mol. The molecule has 0 spiro atoms. The van der Waals surface area contributed by atoms with E-state index in [9.17, 15) is 10.2 Å². The van der Waals surface area contributed by atoms with Gasteiger partial charge in [-0.3, -0.25) is 9.47 Å². The number of piperazine rings is 1. The normalized spacial score (nSPS) is 18.7. The molecular formula is C11H19N3O2S. The molecule has 0 aromatic carbocycles. The van der Waals surface area contributed by atoms with Crippen LogP contribution in [-0.2, 0) is 6.54 Å². The Bertz CT molecular complexity index is 386. The van der Waals surface area contributed by atoms with E-state index in [4.69, 9.17) is 0 Å². The van der Waals surface area contributed by atoms with Crippen molar-refractivity contribution >= 4 is 12.6 Å². The van der Waals surface area contributed by atoms with Crippen LogP contribution in [0.3, 0.4) is 0 Å². The Morgan fingerprint density at radius 2 is 1.82 bits per heavy atom. The summed E-state index contributed by atoms with van der Waals surface area (Å²) in [6.45, 7) is 5.63. The van der Waals surface area contributed by atoms with Gasteiger partial charge in [0.1, 0.15) is 0 Å². The van der Waals surface area contributed by atoms with Crippen molar-refractivity contribution in [2.45, 2.75) is 11.4 Å². The second-order valence-electron chi connectivity index (χ2n) is 4.51. The molecule has 1 fully saturated rings. The lowest BCUT2D eigenvalue weighted by molar-refractivity contribution is 0.148. The van der Waals surface area contributed by atoms with Gasteiger partial charge in [-0.2, -0.15) is 0 Å². The number of aromatic hydroxyl groups is 2. The second kappa shape index (κ2) is 5.20. The molecule has 17 heavy (non-hydrogen) atoms. The molecule has 0 atom stereocenters. The lowest BCUT2D eigenvalue weighted by Crippen LogP contribution is -2.45. The van der Waals surface area contributed by atoms with E-state index in [1.807, 2.05) is 0 Å². The summed E-state index contributed by atoms with van der Waals surface area (Å²) in [6, 6.07) is 1.46. The number of thiol groups is 1. The molecule has 0 aliphatic carbocycles. The molecule has 1 aromatic rings. The number of hydrogen-bond donors (Lipinski definition) is 3. The molecule has 6 heteroatoms. The summed E-state index contributed by atoms with van der Waals surface area (Å²) in [7, 11) is 2.12. The molecule has 0 bridgehead atoms. The Morgan fingerprint density at radius 3 is 2.35 bits per heavy atom. The van der Waals surface area contributed by atoms with Crippen molar-refractivity contribution in [2.24, 2.45) is 0 Å². The van der Waals surface area contributed by atoms with Crippen molar-refractivity contribution in [2.75, 3.05) is 39.8 Å². The Hall–Kier alpha value is -0.850. The Morgan fingerprint density at radius 1 is 1.18 bits per heavy atom. The van der Waals surface area contributed by atoms with Crippen molar-refractivity contribution in [3.8, 4) is 11.8 Å². The van der Waals surface area contributed by atoms with Gasteiger partial charge in [0, 0.05) is 45.3 Å². The van der Waals surface area contributed by atoms with Crippen LogP contribution in [0, 0.1) is 0 Å². The summed E-state index contributed by atoms with van der Waals surface area (Å²) in [6.07, 6.45) is 0. The third kappa shape index (κ3) is 2.88. The highest BCUT2D eigenvalue weighted by Crippen LogP contribution is 2.29. The third-order valence-corrected chi connectivity index (χ3v) is 3.59. The van der Waals surface area contributed by atoms with Gasteiger partial charge >= 0.3 is 0 Å². The van der Waals surface area contributed by atoms with E-state index in [1.165, 1.54) is 10.6 Å². The van der Waals surface area contributed by atoms with Gasteiger partial charge in [-0.15, -0.1) is 12.6 Å². The fourth-order valence-corrected chi connectivity index (χ4v) is 2.28. The minimum Gasteiger partial charge on any atom is -0.494 e. The van der Waals surface area contributed by atoms with E-state index in [1.54, 1.807) is 0 Å². The molecule has 0 saturated carbocycles. The fraction of sp³-hybridized carbons (Fsp3) is 0.636. The van der Waals surface area contributed by atoms with Crippen LogP contribution in [0.25, 0.3) is 0 Å². The minimum atomic E-state index is 0.0416. The fourth-order valence-electron chi connectivity index (χ4n) is 2.04. The first kappa shape index (κ1) is 12.6. The first-order valence-electron chi connectivity index (χ1n) is 5.79. The molecule has 1 aliphatic rings. The van der Waals surface area contributed by atoms with Crippen LogP contribution >= 0.6 is 12.6 Å². The standard InChI is InChI=1S/C11H19N3O2S/c1-12-2-4-13(5-3-12)6-7-14-10(15)8-9(17)11(14)16/h8,15-17H,2-7H2,1H3. The highest BCUT2D eigenvalue weighted by molar-refractivity contribution is 7.80. The van der Waals surface area contributed by atoms with Crippen molar-refractivity contribution < 1.29 is 10.2 Å². The summed E-state index contributed by atoms with van der Waals surface area (Å²) in [4.78, 5) is 5.05. The zero-order chi connectivity index (χ0) is 12.4. The molecule has 2 N–H and O–H groups in total. The summed E-state index contributed by atoms with van der Waals surface area (Å²) < 4.78 is 1.49. The lowest BCUT2D eigenvalue weighted by Gasteiger charge is -2.32. The molecule has 5 nitrogen and oxygen atoms in total. The number of nitrogens with zero attached hydrogens (tertiary/aromatic N) is 3. The second-order valence-corrected chi connectivity index (χ2v) is 4.99. The SMILES string of the molecule is CN1CCN(CCn2c(O)cc(S)c2O)CC1. The molecule has 1 aliphatic heterocycles. The largest absolute Gasteiger partial charge is 0.494 e. The van der Waals surface area contributed by atoms with Crippen LogP contribution in [0.2, 0.25) is 0 Å². The van der Waals surface area contributed by atoms with Crippen LogP contribution < -0.4 is 0 Å². The van der Waals surface area contributed by atoms with Crippen LogP contribution in [0.4, 0.5) is 0 Å². The van der Waals surface area contributed by atoms with E-state index < -0.39 is 0 Å². The van der Waals surface area contributed by atoms with Gasteiger partial charge in [-0.25, -0.2) is 0 Å². The van der Waals surface area contributed by atoms with Crippen LogP contribution in [0.15, 0.2) is 11.0 Å². The number of likely N-dealkylation sites (N-methyl/N-ethyl adjacent to an activating group) is 1. The summed E-state index contributed by atoms with van der Waals surface area (Å²) in [5, 5.41) is 19.3. The van der Waals surface area contributed by atoms with E-state index in [2.05, 4.69) is 29.5 Å². The summed E-state index contributed by atoms with van der Waals surface area (Å²) in [5.74, 6) is 0.113. The van der Waals surface area contributed by atoms with E-state index in [-0.39, 0.29) is 11.8 Å². The molecule has 0 radical (unpaired) electrons. The topological polar surface area (TPSA) is 51.9 Å². The molecule has 0 amide bonds. The number of hydrogen-bond acceptors (Lipinski definition) is 5. The van der Waals surface area contributed by atoms with Gasteiger partial charge in [-0.05, 0) is 7.05 Å². The predicted octanol–water partition coefficient (Wildman–Crippen LogP) is 0.435. The van der Waals surface area contributed by atoms with Gasteiger partial charge in [0.25, 0.3) is 0 Å². The van der Waals surface area contributed by atoms with Crippen molar-refractivity contribution in [3.05, 3.63) is 6.07 Å². The Balaban J connectivity index is 1.89. The van der Waals surface area contributed by atoms with E-state index >= 15 is 0 Å². The number of aromatic nitrogens is 1. The Labute approximate surface area is 107 Å². The van der Waals surface area contributed by atoms with Gasteiger partial charge in [0.15, 0.2) is 5.88 Å². The first-order valence-corrected chi connectivity index (χ1v) is 6.24. The van der Waals surface area contributed by atoms with Gasteiger partial charge in [0.05, 0.1) is 4.90 Å². The quantitative estimate of drug-likeness (QED) is 0.688. The highest BCUT2D eigenvalue weighted by Gasteiger charge is 2.16. The van der Waals surface area contributed by atoms with E-state index in [0.29, 0.717) is 11.4 Å². The Kier molecular flexibility index (Phi) is 3.86. The molecule has 0 unspecified atom stereocenters. The maximum Gasteiger partial charge on any atom is 0.207 e.